The lowest BCUT2D eigenvalue weighted by molar-refractivity contribution is 0.0963. The number of nitrogens with two attached hydrogens (primary N) is 1. The van der Waals surface area contributed by atoms with Crippen LogP contribution in [0, 0.1) is 0 Å². The van der Waals surface area contributed by atoms with Gasteiger partial charge in [-0.05, 0) is 40.2 Å². The Morgan fingerprint density at radius 2 is 1.90 bits per heavy atom. The van der Waals surface area contributed by atoms with Crippen molar-refractivity contribution in [1.29, 1.82) is 0 Å². The van der Waals surface area contributed by atoms with Crippen LogP contribution in [0.3, 0.4) is 0 Å². The molecule has 2 rings (SSSR count). The molecule has 0 atom stereocenters. The van der Waals surface area contributed by atoms with Crippen LogP contribution in [0.1, 0.15) is 10.4 Å². The number of nitrogens with one attached hydrogen (secondary N) is 1. The van der Waals surface area contributed by atoms with Gasteiger partial charge in [0.2, 0.25) is 0 Å². The highest BCUT2D eigenvalue weighted by molar-refractivity contribution is 9.10. The highest BCUT2D eigenvalue weighted by atomic mass is 79.9. The zero-order valence-electron chi connectivity index (χ0n) is 10.9. The molecule has 2 aromatic carbocycles. The molecule has 0 aliphatic heterocycles. The molecule has 110 valence electrons. The zero-order valence-corrected chi connectivity index (χ0v) is 14.0. The quantitative estimate of drug-likeness (QED) is 0.600. The molecule has 1 amide bonds. The molecule has 0 aliphatic carbocycles. The summed E-state index contributed by atoms with van der Waals surface area (Å²) in [7, 11) is 1.55. The highest BCUT2D eigenvalue weighted by Gasteiger charge is 2.11. The van der Waals surface area contributed by atoms with Gasteiger partial charge in [-0.25, -0.2) is 0 Å². The summed E-state index contributed by atoms with van der Waals surface area (Å²) in [5.74, 6) is 0.546. The maximum atomic E-state index is 11.5. The van der Waals surface area contributed by atoms with E-state index in [0.29, 0.717) is 37.3 Å². The first-order valence-electron chi connectivity index (χ1n) is 5.86. The molecule has 0 aromatic heterocycles. The summed E-state index contributed by atoms with van der Waals surface area (Å²) in [6, 6.07) is 7.96. The molecule has 0 heterocycles. The average molecular weight is 390 g/mol. The van der Waals surface area contributed by atoms with E-state index in [-0.39, 0.29) is 5.91 Å². The summed E-state index contributed by atoms with van der Waals surface area (Å²) < 4.78 is 6.32. The molecule has 0 unspecified atom stereocenters. The average Bonchev–Trinajstić information content (AvgIpc) is 2.45. The predicted octanol–water partition coefficient (Wildman–Crippen LogP) is 4.49. The Morgan fingerprint density at radius 1 is 1.19 bits per heavy atom. The molecule has 4 nitrogen and oxygen atoms in total. The van der Waals surface area contributed by atoms with Crippen LogP contribution in [0.4, 0.5) is 5.69 Å². The Labute approximate surface area is 140 Å². The first kappa shape index (κ1) is 15.9. The molecule has 0 saturated heterocycles. The van der Waals surface area contributed by atoms with Crippen molar-refractivity contribution in [2.45, 2.75) is 0 Å². The summed E-state index contributed by atoms with van der Waals surface area (Å²) >= 11 is 15.4. The molecule has 0 aliphatic rings. The standard InChI is InChI=1S/C14H11BrCl2N2O2/c1-19-14(20)7-2-3-12(11(18)4-7)21-13-6-9(16)8(15)5-10(13)17/h2-6H,18H2,1H3,(H,19,20). The number of hydrogen-bond donors (Lipinski definition) is 2. The van der Waals surface area contributed by atoms with E-state index in [0.717, 1.165) is 0 Å². The molecule has 3 N–H and O–H groups in total. The number of rotatable bonds is 3. The largest absolute Gasteiger partial charge is 0.454 e. The van der Waals surface area contributed by atoms with Crippen LogP contribution < -0.4 is 15.8 Å². The van der Waals surface area contributed by atoms with E-state index in [9.17, 15) is 4.79 Å². The van der Waals surface area contributed by atoms with Crippen molar-refractivity contribution >= 4 is 50.7 Å². The first-order valence-corrected chi connectivity index (χ1v) is 7.41. The normalized spacial score (nSPS) is 10.3. The second kappa shape index (κ2) is 6.56. The lowest BCUT2D eigenvalue weighted by Crippen LogP contribution is -2.17. The molecule has 0 bridgehead atoms. The molecule has 0 saturated carbocycles. The SMILES string of the molecule is CNC(=O)c1ccc(Oc2cc(Cl)c(Br)cc2Cl)c(N)c1. The topological polar surface area (TPSA) is 64.3 Å². The summed E-state index contributed by atoms with van der Waals surface area (Å²) in [6.45, 7) is 0. The van der Waals surface area contributed by atoms with Gasteiger partial charge in [-0.1, -0.05) is 23.2 Å². The second-order valence-corrected chi connectivity index (χ2v) is 5.80. The second-order valence-electron chi connectivity index (χ2n) is 4.13. The van der Waals surface area contributed by atoms with Crippen LogP contribution in [0.5, 0.6) is 11.5 Å². The zero-order chi connectivity index (χ0) is 15.6. The van der Waals surface area contributed by atoms with Crippen molar-refractivity contribution in [2.75, 3.05) is 12.8 Å². The smallest absolute Gasteiger partial charge is 0.251 e. The predicted molar refractivity (Wildman–Crippen MR) is 88.5 cm³/mol. The minimum atomic E-state index is -0.224. The molecule has 0 spiro atoms. The van der Waals surface area contributed by atoms with Crippen molar-refractivity contribution in [1.82, 2.24) is 5.32 Å². The Bertz CT molecular complexity index is 708. The van der Waals surface area contributed by atoms with Gasteiger partial charge in [0.05, 0.1) is 15.7 Å². The van der Waals surface area contributed by atoms with Crippen molar-refractivity contribution in [3.8, 4) is 11.5 Å². The molecule has 7 heteroatoms. The number of carbonyl (C=O) groups is 1. The van der Waals surface area contributed by atoms with Gasteiger partial charge in [-0.15, -0.1) is 0 Å². The minimum absolute atomic E-state index is 0.224. The molecular formula is C14H11BrCl2N2O2. The Kier molecular flexibility index (Phi) is 4.98. The van der Waals surface area contributed by atoms with Crippen LogP contribution in [-0.2, 0) is 0 Å². The number of hydrogen-bond acceptors (Lipinski definition) is 3. The summed E-state index contributed by atoms with van der Waals surface area (Å²) in [6.07, 6.45) is 0. The number of carbonyl (C=O) groups excluding carboxylic acids is 1. The fourth-order valence-corrected chi connectivity index (χ4v) is 2.46. The molecule has 21 heavy (non-hydrogen) atoms. The fraction of sp³-hybridized carbons (Fsp3) is 0.0714. The van der Waals surface area contributed by atoms with E-state index in [1.54, 1.807) is 31.3 Å². The maximum Gasteiger partial charge on any atom is 0.251 e. The van der Waals surface area contributed by atoms with E-state index >= 15 is 0 Å². The van der Waals surface area contributed by atoms with E-state index in [1.165, 1.54) is 6.07 Å². The first-order chi connectivity index (χ1) is 9.92. The van der Waals surface area contributed by atoms with Gasteiger partial charge in [0.1, 0.15) is 11.5 Å². The Morgan fingerprint density at radius 3 is 2.52 bits per heavy atom. The summed E-state index contributed by atoms with van der Waals surface area (Å²) in [5, 5.41) is 3.38. The summed E-state index contributed by atoms with van der Waals surface area (Å²) in [4.78, 5) is 11.5. The monoisotopic (exact) mass is 388 g/mol. The van der Waals surface area contributed by atoms with Crippen LogP contribution in [0.2, 0.25) is 10.0 Å². The van der Waals surface area contributed by atoms with Crippen molar-refractivity contribution in [3.05, 3.63) is 50.4 Å². The lowest BCUT2D eigenvalue weighted by Gasteiger charge is -2.12. The number of amides is 1. The van der Waals surface area contributed by atoms with Crippen molar-refractivity contribution < 1.29 is 9.53 Å². The molecule has 2 aromatic rings. The van der Waals surface area contributed by atoms with E-state index < -0.39 is 0 Å². The van der Waals surface area contributed by atoms with Gasteiger partial charge < -0.3 is 15.8 Å². The van der Waals surface area contributed by atoms with E-state index in [4.69, 9.17) is 33.7 Å². The van der Waals surface area contributed by atoms with Gasteiger partial charge in [0.15, 0.2) is 0 Å². The molecule has 0 fully saturated rings. The van der Waals surface area contributed by atoms with E-state index in [2.05, 4.69) is 21.2 Å². The fourth-order valence-electron chi connectivity index (χ4n) is 1.63. The number of halogens is 3. The molecular weight excluding hydrogens is 379 g/mol. The van der Waals surface area contributed by atoms with Gasteiger partial charge >= 0.3 is 0 Å². The lowest BCUT2D eigenvalue weighted by atomic mass is 10.2. The maximum absolute atomic E-state index is 11.5. The number of anilines is 1. The number of ether oxygens (including phenoxy) is 1. The van der Waals surface area contributed by atoms with Gasteiger partial charge in [-0.3, -0.25) is 4.79 Å². The van der Waals surface area contributed by atoms with Crippen LogP contribution in [0.15, 0.2) is 34.8 Å². The summed E-state index contributed by atoms with van der Waals surface area (Å²) in [5.41, 5.74) is 6.66. The third-order valence-corrected chi connectivity index (χ3v) is 4.19. The van der Waals surface area contributed by atoms with Crippen LogP contribution in [-0.4, -0.2) is 13.0 Å². The van der Waals surface area contributed by atoms with Crippen molar-refractivity contribution in [3.63, 3.8) is 0 Å². The Balaban J connectivity index is 2.32. The van der Waals surface area contributed by atoms with E-state index in [1.807, 2.05) is 0 Å². The van der Waals surface area contributed by atoms with Crippen molar-refractivity contribution in [2.24, 2.45) is 0 Å². The Hall–Kier alpha value is -1.43. The van der Waals surface area contributed by atoms with Gasteiger partial charge in [0.25, 0.3) is 5.91 Å². The third-order valence-electron chi connectivity index (χ3n) is 2.69. The number of benzene rings is 2. The van der Waals surface area contributed by atoms with Crippen LogP contribution in [0.25, 0.3) is 0 Å². The minimum Gasteiger partial charge on any atom is -0.454 e. The highest BCUT2D eigenvalue weighted by Crippen LogP contribution is 2.38. The van der Waals surface area contributed by atoms with Gasteiger partial charge in [0, 0.05) is 23.2 Å². The van der Waals surface area contributed by atoms with Crippen LogP contribution >= 0.6 is 39.1 Å². The number of nitrogen functional groups attached to an aromatic ring is 1. The van der Waals surface area contributed by atoms with Gasteiger partial charge in [-0.2, -0.15) is 0 Å². The molecule has 0 radical (unpaired) electrons. The third kappa shape index (κ3) is 3.61.